The van der Waals surface area contributed by atoms with Crippen molar-refractivity contribution < 1.29 is 9.90 Å². The molecule has 0 aromatic heterocycles. The summed E-state index contributed by atoms with van der Waals surface area (Å²) in [7, 11) is 0. The molecule has 0 spiro atoms. The fourth-order valence-electron chi connectivity index (χ4n) is 0.428. The smallest absolute Gasteiger partial charge is 0.220 e. The van der Waals surface area contributed by atoms with Crippen molar-refractivity contribution in [3.63, 3.8) is 0 Å². The molecule has 10 heavy (non-hydrogen) atoms. The third-order valence-electron chi connectivity index (χ3n) is 0.803. The molecule has 0 radical (unpaired) electrons. The Morgan fingerprint density at radius 1 is 1.90 bits per heavy atom. The molecule has 0 bridgehead atoms. The van der Waals surface area contributed by atoms with E-state index in [2.05, 4.69) is 0 Å². The Kier molecular flexibility index (Phi) is 3.92. The van der Waals surface area contributed by atoms with E-state index >= 15 is 0 Å². The van der Waals surface area contributed by atoms with Gasteiger partial charge in [0.2, 0.25) is 5.91 Å². The molecule has 0 aromatic carbocycles. The summed E-state index contributed by atoms with van der Waals surface area (Å²) in [6, 6.07) is 1.68. The van der Waals surface area contributed by atoms with Gasteiger partial charge in [-0.3, -0.25) is 4.79 Å². The maximum absolute atomic E-state index is 10.1. The third kappa shape index (κ3) is 4.81. The van der Waals surface area contributed by atoms with Crippen LogP contribution in [0.4, 0.5) is 0 Å². The lowest BCUT2D eigenvalue weighted by Gasteiger charge is -1.98. The molecule has 0 aliphatic rings. The zero-order valence-corrected chi connectivity index (χ0v) is 5.32. The summed E-state index contributed by atoms with van der Waals surface area (Å²) in [6.45, 7) is 0. The molecule has 0 aliphatic carbocycles. The van der Waals surface area contributed by atoms with Crippen LogP contribution in [-0.2, 0) is 4.79 Å². The van der Waals surface area contributed by atoms with Crippen LogP contribution in [0.2, 0.25) is 0 Å². The van der Waals surface area contributed by atoms with Gasteiger partial charge in [0.1, 0.15) is 0 Å². The Morgan fingerprint density at radius 2 is 2.50 bits per heavy atom. The second-order valence-corrected chi connectivity index (χ2v) is 1.73. The van der Waals surface area contributed by atoms with E-state index in [1.54, 1.807) is 6.07 Å². The molecular weight excluding hydrogens is 132 g/mol. The van der Waals surface area contributed by atoms with E-state index < -0.39 is 12.0 Å². The number of hydrogen-bond donors (Lipinski definition) is 2. The summed E-state index contributed by atoms with van der Waals surface area (Å²) in [5.74, 6) is -0.588. The molecule has 1 atom stereocenters. The van der Waals surface area contributed by atoms with Crippen LogP contribution >= 0.6 is 0 Å². The molecule has 0 aliphatic heterocycles. The molecule has 3 N–H and O–H groups in total. The molecule has 0 aromatic rings. The predicted molar refractivity (Wildman–Crippen MR) is 34.6 cm³/mol. The van der Waals surface area contributed by atoms with E-state index in [9.17, 15) is 4.79 Å². The summed E-state index contributed by atoms with van der Waals surface area (Å²) in [5.41, 5.74) is 4.75. The van der Waals surface area contributed by atoms with Gasteiger partial charge >= 0.3 is 0 Å². The lowest BCUT2D eigenvalue weighted by Crippen LogP contribution is -2.17. The van der Waals surface area contributed by atoms with Gasteiger partial charge in [-0.25, -0.2) is 0 Å². The molecule has 4 nitrogen and oxygen atoms in total. The first kappa shape index (κ1) is 8.66. The highest BCUT2D eigenvalue weighted by atomic mass is 16.3. The van der Waals surface area contributed by atoms with E-state index in [0.29, 0.717) is 0 Å². The first-order valence-electron chi connectivity index (χ1n) is 2.69. The van der Waals surface area contributed by atoms with E-state index in [1.807, 2.05) is 0 Å². The minimum Gasteiger partial charge on any atom is -0.388 e. The molecule has 1 amide bonds. The molecule has 54 valence electrons. The van der Waals surface area contributed by atoms with Crippen molar-refractivity contribution in [1.82, 2.24) is 0 Å². The molecule has 0 rings (SSSR count). The number of nitrogens with zero attached hydrogens (tertiary/aromatic N) is 1. The monoisotopic (exact) mass is 140 g/mol. The standard InChI is InChI=1S/C6H8N2O2/c7-3-1-2-5(9)4-6(8)10/h1-2,5,9H,4H2,(H2,8,10)/b2-1+. The SMILES string of the molecule is N#C/C=C/C(O)CC(N)=O. The molecule has 1 unspecified atom stereocenters. The van der Waals surface area contributed by atoms with E-state index in [0.717, 1.165) is 6.08 Å². The van der Waals surface area contributed by atoms with Crippen LogP contribution in [0, 0.1) is 11.3 Å². The fraction of sp³-hybridized carbons (Fsp3) is 0.333. The van der Waals surface area contributed by atoms with Crippen molar-refractivity contribution in [3.05, 3.63) is 12.2 Å². The summed E-state index contributed by atoms with van der Waals surface area (Å²) in [4.78, 5) is 10.1. The minimum atomic E-state index is -0.933. The van der Waals surface area contributed by atoms with Crippen molar-refractivity contribution in [3.8, 4) is 6.07 Å². The lowest BCUT2D eigenvalue weighted by atomic mass is 10.2. The fourth-order valence-corrected chi connectivity index (χ4v) is 0.428. The van der Waals surface area contributed by atoms with Gasteiger partial charge in [0.05, 0.1) is 18.6 Å². The molecule has 0 heterocycles. The van der Waals surface area contributed by atoms with Crippen molar-refractivity contribution in [2.45, 2.75) is 12.5 Å². The Morgan fingerprint density at radius 3 is 2.90 bits per heavy atom. The van der Waals surface area contributed by atoms with Gasteiger partial charge in [-0.05, 0) is 6.08 Å². The first-order chi connectivity index (χ1) is 4.66. The second kappa shape index (κ2) is 4.53. The first-order valence-corrected chi connectivity index (χ1v) is 2.69. The van der Waals surface area contributed by atoms with Crippen LogP contribution in [0.5, 0.6) is 0 Å². The summed E-state index contributed by atoms with van der Waals surface area (Å²) < 4.78 is 0. The third-order valence-corrected chi connectivity index (χ3v) is 0.803. The maximum atomic E-state index is 10.1. The zero-order valence-electron chi connectivity index (χ0n) is 5.32. The average molecular weight is 140 g/mol. The van der Waals surface area contributed by atoms with Crippen LogP contribution < -0.4 is 5.73 Å². The predicted octanol–water partition coefficient (Wildman–Crippen LogP) is -0.698. The van der Waals surface area contributed by atoms with Gasteiger partial charge in [-0.15, -0.1) is 0 Å². The quantitative estimate of drug-likeness (QED) is 0.508. The van der Waals surface area contributed by atoms with Crippen molar-refractivity contribution in [2.75, 3.05) is 0 Å². The van der Waals surface area contributed by atoms with E-state index in [-0.39, 0.29) is 6.42 Å². The largest absolute Gasteiger partial charge is 0.388 e. The normalized spacial score (nSPS) is 12.8. The van der Waals surface area contributed by atoms with Crippen LogP contribution in [0.15, 0.2) is 12.2 Å². The number of rotatable bonds is 3. The number of aliphatic hydroxyl groups excluding tert-OH is 1. The highest BCUT2D eigenvalue weighted by Gasteiger charge is 2.01. The summed E-state index contributed by atoms with van der Waals surface area (Å²) in [6.07, 6.45) is 1.24. The summed E-state index contributed by atoms with van der Waals surface area (Å²) in [5, 5.41) is 16.8. The van der Waals surface area contributed by atoms with Gasteiger partial charge in [-0.1, -0.05) is 0 Å². The number of hydrogen-bond acceptors (Lipinski definition) is 3. The molecular formula is C6H8N2O2. The second-order valence-electron chi connectivity index (χ2n) is 1.73. The van der Waals surface area contributed by atoms with Crippen molar-refractivity contribution in [2.24, 2.45) is 5.73 Å². The van der Waals surface area contributed by atoms with Gasteiger partial charge < -0.3 is 10.8 Å². The number of aliphatic hydroxyl groups is 1. The van der Waals surface area contributed by atoms with E-state index in [1.165, 1.54) is 6.08 Å². The van der Waals surface area contributed by atoms with Crippen molar-refractivity contribution >= 4 is 5.91 Å². The Bertz CT molecular complexity index is 181. The minimum absolute atomic E-state index is 0.141. The number of carbonyl (C=O) groups excluding carboxylic acids is 1. The van der Waals surface area contributed by atoms with Crippen LogP contribution in [0.1, 0.15) is 6.42 Å². The Labute approximate surface area is 58.6 Å². The highest BCUT2D eigenvalue weighted by molar-refractivity contribution is 5.74. The average Bonchev–Trinajstić information content (AvgIpc) is 1.82. The Balaban J connectivity index is 3.66. The van der Waals surface area contributed by atoms with Crippen LogP contribution in [0.3, 0.4) is 0 Å². The topological polar surface area (TPSA) is 87.1 Å². The maximum Gasteiger partial charge on any atom is 0.220 e. The highest BCUT2D eigenvalue weighted by Crippen LogP contribution is 1.90. The number of allylic oxidation sites excluding steroid dienone is 1. The zero-order chi connectivity index (χ0) is 7.98. The number of primary amides is 1. The van der Waals surface area contributed by atoms with Crippen LogP contribution in [-0.4, -0.2) is 17.1 Å². The van der Waals surface area contributed by atoms with Crippen molar-refractivity contribution in [1.29, 1.82) is 5.26 Å². The van der Waals surface area contributed by atoms with Crippen LogP contribution in [0.25, 0.3) is 0 Å². The summed E-state index contributed by atoms with van der Waals surface area (Å²) >= 11 is 0. The Hall–Kier alpha value is -1.34. The lowest BCUT2D eigenvalue weighted by molar-refractivity contribution is -0.119. The molecule has 0 saturated heterocycles. The van der Waals surface area contributed by atoms with Gasteiger partial charge in [0.25, 0.3) is 0 Å². The molecule has 0 saturated carbocycles. The van der Waals surface area contributed by atoms with E-state index in [4.69, 9.17) is 16.1 Å². The molecule has 0 fully saturated rings. The van der Waals surface area contributed by atoms with Gasteiger partial charge in [0, 0.05) is 6.08 Å². The van der Waals surface area contributed by atoms with Gasteiger partial charge in [0.15, 0.2) is 0 Å². The van der Waals surface area contributed by atoms with Gasteiger partial charge in [-0.2, -0.15) is 5.26 Å². The molecule has 4 heteroatoms. The number of carbonyl (C=O) groups is 1. The number of nitrogens with two attached hydrogens (primary N) is 1. The number of nitriles is 1. The number of amides is 1.